The first-order chi connectivity index (χ1) is 5.72. The number of nitrogens with zero attached hydrogens (tertiary/aromatic N) is 3. The Morgan fingerprint density at radius 3 is 2.83 bits per heavy atom. The van der Waals surface area contributed by atoms with Crippen molar-refractivity contribution in [3.8, 4) is 0 Å². The molecule has 0 spiro atoms. The lowest BCUT2D eigenvalue weighted by molar-refractivity contribution is 0.201. The number of nitrogens with one attached hydrogen (secondary N) is 1. The van der Waals surface area contributed by atoms with Gasteiger partial charge in [-0.05, 0) is 0 Å². The van der Waals surface area contributed by atoms with Crippen molar-refractivity contribution in [1.29, 1.82) is 0 Å². The molecule has 1 aromatic rings. The molecule has 0 saturated carbocycles. The fraction of sp³-hybridized carbons (Fsp3) is 0.200. The SMILES string of the molecule is O=C1N=c2[nH]c(=O)n(CO)c2=N1. The van der Waals surface area contributed by atoms with Crippen LogP contribution in [0.1, 0.15) is 0 Å². The normalized spacial score (nSPS) is 13.9. The Morgan fingerprint density at radius 1 is 1.42 bits per heavy atom. The number of aliphatic hydroxyl groups is 1. The van der Waals surface area contributed by atoms with E-state index < -0.39 is 18.5 Å². The third-order valence-electron chi connectivity index (χ3n) is 1.49. The first-order valence-corrected chi connectivity index (χ1v) is 3.13. The molecule has 62 valence electrons. The van der Waals surface area contributed by atoms with Crippen LogP contribution in [-0.4, -0.2) is 20.7 Å². The molecule has 7 heteroatoms. The van der Waals surface area contributed by atoms with Crippen molar-refractivity contribution in [2.75, 3.05) is 0 Å². The number of aromatic amines is 1. The number of rotatable bonds is 1. The van der Waals surface area contributed by atoms with Crippen LogP contribution in [0.2, 0.25) is 0 Å². The first-order valence-electron chi connectivity index (χ1n) is 3.13. The number of hydrogen-bond donors (Lipinski definition) is 2. The highest BCUT2D eigenvalue weighted by molar-refractivity contribution is 5.76. The number of urea groups is 1. The van der Waals surface area contributed by atoms with Gasteiger partial charge in [0, 0.05) is 0 Å². The Hall–Kier alpha value is -1.76. The Kier molecular flexibility index (Phi) is 1.22. The van der Waals surface area contributed by atoms with Crippen LogP contribution in [0.4, 0.5) is 4.79 Å². The molecular formula is C5H4N4O3. The maximum Gasteiger partial charge on any atom is 0.371 e. The zero-order valence-electron chi connectivity index (χ0n) is 5.81. The number of fused-ring (bicyclic) bond motifs is 1. The van der Waals surface area contributed by atoms with Gasteiger partial charge >= 0.3 is 11.7 Å². The highest BCUT2D eigenvalue weighted by Gasteiger charge is 2.11. The second-order valence-electron chi connectivity index (χ2n) is 2.18. The molecule has 0 saturated heterocycles. The molecule has 0 radical (unpaired) electrons. The second-order valence-corrected chi connectivity index (χ2v) is 2.18. The zero-order valence-corrected chi connectivity index (χ0v) is 5.81. The van der Waals surface area contributed by atoms with Gasteiger partial charge in [-0.25, -0.2) is 9.59 Å². The Labute approximate surface area is 64.7 Å². The number of H-pyrrole nitrogens is 1. The van der Waals surface area contributed by atoms with E-state index in [1.165, 1.54) is 0 Å². The maximum absolute atomic E-state index is 10.9. The van der Waals surface area contributed by atoms with Crippen LogP contribution < -0.4 is 16.7 Å². The van der Waals surface area contributed by atoms with Crippen molar-refractivity contribution < 1.29 is 9.90 Å². The minimum absolute atomic E-state index is 0.0903. The van der Waals surface area contributed by atoms with Gasteiger partial charge in [0.15, 0.2) is 11.0 Å². The second kappa shape index (κ2) is 2.11. The molecule has 0 aliphatic carbocycles. The minimum Gasteiger partial charge on any atom is -0.376 e. The van der Waals surface area contributed by atoms with Gasteiger partial charge in [0.2, 0.25) is 0 Å². The van der Waals surface area contributed by atoms with Gasteiger partial charge in [-0.2, -0.15) is 9.98 Å². The number of carbonyl (C=O) groups is 1. The quantitative estimate of drug-likeness (QED) is 0.484. The van der Waals surface area contributed by atoms with Gasteiger partial charge in [0.1, 0.15) is 6.73 Å². The van der Waals surface area contributed by atoms with Gasteiger partial charge < -0.3 is 5.11 Å². The molecule has 1 aromatic heterocycles. The minimum atomic E-state index is -0.668. The third-order valence-corrected chi connectivity index (χ3v) is 1.49. The van der Waals surface area contributed by atoms with E-state index in [9.17, 15) is 9.59 Å². The summed E-state index contributed by atoms with van der Waals surface area (Å²) in [6.07, 6.45) is 0. The van der Waals surface area contributed by atoms with Crippen LogP contribution in [0.3, 0.4) is 0 Å². The summed E-state index contributed by atoms with van der Waals surface area (Å²) >= 11 is 0. The van der Waals surface area contributed by atoms with Gasteiger partial charge in [0.25, 0.3) is 0 Å². The zero-order chi connectivity index (χ0) is 8.72. The molecule has 2 amide bonds. The van der Waals surface area contributed by atoms with Gasteiger partial charge in [-0.1, -0.05) is 0 Å². The lowest BCUT2D eigenvalue weighted by Gasteiger charge is -1.88. The lowest BCUT2D eigenvalue weighted by Crippen LogP contribution is -2.30. The van der Waals surface area contributed by atoms with Crippen LogP contribution >= 0.6 is 0 Å². The smallest absolute Gasteiger partial charge is 0.371 e. The predicted octanol–water partition coefficient (Wildman–Crippen LogP) is -2.50. The van der Waals surface area contributed by atoms with E-state index in [1.54, 1.807) is 0 Å². The van der Waals surface area contributed by atoms with Crippen molar-refractivity contribution in [2.24, 2.45) is 9.98 Å². The average Bonchev–Trinajstić information content (AvgIpc) is 2.43. The molecule has 2 heterocycles. The highest BCUT2D eigenvalue weighted by Crippen LogP contribution is 1.80. The van der Waals surface area contributed by atoms with E-state index in [-0.39, 0.29) is 11.0 Å². The molecule has 1 aliphatic rings. The molecule has 0 aromatic carbocycles. The van der Waals surface area contributed by atoms with E-state index >= 15 is 0 Å². The molecule has 2 rings (SSSR count). The Morgan fingerprint density at radius 2 is 2.17 bits per heavy atom. The molecular weight excluding hydrogens is 164 g/mol. The summed E-state index contributed by atoms with van der Waals surface area (Å²) in [4.78, 5) is 30.6. The predicted molar refractivity (Wildman–Crippen MR) is 35.0 cm³/mol. The summed E-state index contributed by atoms with van der Waals surface area (Å²) in [6, 6.07) is -0.668. The summed E-state index contributed by atoms with van der Waals surface area (Å²) < 4.78 is 0.920. The summed E-state index contributed by atoms with van der Waals surface area (Å²) in [5.74, 6) is 0. The van der Waals surface area contributed by atoms with Crippen LogP contribution in [0.25, 0.3) is 0 Å². The molecule has 0 atom stereocenters. The molecule has 0 fully saturated rings. The number of carbonyl (C=O) groups excluding carboxylic acids is 1. The molecule has 1 aliphatic heterocycles. The summed E-state index contributed by atoms with van der Waals surface area (Å²) in [5.41, 5.74) is -0.325. The molecule has 0 unspecified atom stereocenters. The van der Waals surface area contributed by atoms with Gasteiger partial charge in [-0.3, -0.25) is 9.55 Å². The highest BCUT2D eigenvalue weighted by atomic mass is 16.3. The summed E-state index contributed by atoms with van der Waals surface area (Å²) in [6.45, 7) is -0.517. The van der Waals surface area contributed by atoms with Crippen molar-refractivity contribution in [3.05, 3.63) is 21.5 Å². The van der Waals surface area contributed by atoms with Crippen molar-refractivity contribution in [1.82, 2.24) is 9.55 Å². The number of aromatic nitrogens is 2. The van der Waals surface area contributed by atoms with Crippen LogP contribution in [0.5, 0.6) is 0 Å². The Bertz CT molecular complexity index is 508. The topological polar surface area (TPSA) is 99.8 Å². The van der Waals surface area contributed by atoms with Crippen LogP contribution in [0, 0.1) is 0 Å². The number of hydrogen-bond acceptors (Lipinski definition) is 3. The fourth-order valence-corrected chi connectivity index (χ4v) is 0.982. The van der Waals surface area contributed by atoms with Crippen LogP contribution in [0.15, 0.2) is 14.8 Å². The first kappa shape index (κ1) is 6.92. The van der Waals surface area contributed by atoms with E-state index in [2.05, 4.69) is 15.0 Å². The van der Waals surface area contributed by atoms with Crippen molar-refractivity contribution in [2.45, 2.75) is 6.73 Å². The lowest BCUT2D eigenvalue weighted by atomic mass is 10.8. The average molecular weight is 168 g/mol. The molecule has 12 heavy (non-hydrogen) atoms. The number of imidazole rings is 1. The number of amides is 2. The van der Waals surface area contributed by atoms with E-state index in [0.29, 0.717) is 0 Å². The third kappa shape index (κ3) is 0.735. The Balaban J connectivity index is 2.93. The number of aliphatic hydroxyl groups excluding tert-OH is 1. The van der Waals surface area contributed by atoms with Crippen LogP contribution in [-0.2, 0) is 6.73 Å². The van der Waals surface area contributed by atoms with E-state index in [0.717, 1.165) is 4.57 Å². The maximum atomic E-state index is 10.9. The van der Waals surface area contributed by atoms with E-state index in [4.69, 9.17) is 5.11 Å². The molecule has 7 nitrogen and oxygen atoms in total. The summed E-state index contributed by atoms with van der Waals surface area (Å²) in [5, 5.41) is 8.69. The molecule has 0 bridgehead atoms. The van der Waals surface area contributed by atoms with Crippen molar-refractivity contribution >= 4 is 6.03 Å². The standard InChI is InChI=1S/C5H4N4O3/c10-1-9-3-2(7-5(9)12)6-4(11)8-3/h10H,1H2,(H,6,7,11,12). The van der Waals surface area contributed by atoms with E-state index in [1.807, 2.05) is 0 Å². The van der Waals surface area contributed by atoms with Gasteiger partial charge in [0.05, 0.1) is 0 Å². The molecule has 2 N–H and O–H groups in total. The summed E-state index contributed by atoms with van der Waals surface area (Å²) in [7, 11) is 0. The van der Waals surface area contributed by atoms with Crippen molar-refractivity contribution in [3.63, 3.8) is 0 Å². The largest absolute Gasteiger partial charge is 0.376 e. The van der Waals surface area contributed by atoms with Gasteiger partial charge in [-0.15, -0.1) is 0 Å². The monoisotopic (exact) mass is 168 g/mol. The fourth-order valence-electron chi connectivity index (χ4n) is 0.982.